The molecule has 0 aliphatic carbocycles. The Morgan fingerprint density at radius 1 is 1.16 bits per heavy atom. The van der Waals surface area contributed by atoms with Crippen LogP contribution in [0, 0.1) is 0 Å². The van der Waals surface area contributed by atoms with Gasteiger partial charge in [-0.25, -0.2) is 9.97 Å². The maximum atomic E-state index is 12.0. The van der Waals surface area contributed by atoms with Gasteiger partial charge in [-0.1, -0.05) is 23.9 Å². The number of carbonyl (C=O) groups is 2. The largest absolute Gasteiger partial charge is 0.346 e. The van der Waals surface area contributed by atoms with Crippen molar-refractivity contribution in [3.8, 4) is 0 Å². The number of anilines is 1. The molecule has 0 spiro atoms. The zero-order valence-corrected chi connectivity index (χ0v) is 16.1. The van der Waals surface area contributed by atoms with Gasteiger partial charge in [0.2, 0.25) is 11.8 Å². The number of amides is 2. The Kier molecular flexibility index (Phi) is 6.00. The molecule has 3 rings (SSSR count). The van der Waals surface area contributed by atoms with Crippen LogP contribution >= 0.6 is 39.0 Å². The second-order valence-electron chi connectivity index (χ2n) is 4.91. The van der Waals surface area contributed by atoms with Crippen LogP contribution in [0.5, 0.6) is 0 Å². The van der Waals surface area contributed by atoms with E-state index in [0.29, 0.717) is 5.69 Å². The number of thiophene rings is 1. The van der Waals surface area contributed by atoms with Gasteiger partial charge >= 0.3 is 0 Å². The maximum absolute atomic E-state index is 12.0. The summed E-state index contributed by atoms with van der Waals surface area (Å²) in [4.78, 5) is 33.1. The number of nitrogens with one attached hydrogen (secondary N) is 2. The fourth-order valence-electron chi connectivity index (χ4n) is 2.00. The van der Waals surface area contributed by atoms with Gasteiger partial charge in [-0.15, -0.1) is 11.3 Å². The Hall–Kier alpha value is -1.97. The third-order valence-electron chi connectivity index (χ3n) is 3.16. The van der Waals surface area contributed by atoms with Gasteiger partial charge in [0.15, 0.2) is 0 Å². The molecular weight excluding hydrogens is 424 g/mol. The molecule has 128 valence electrons. The van der Waals surface area contributed by atoms with Gasteiger partial charge in [-0.3, -0.25) is 9.59 Å². The summed E-state index contributed by atoms with van der Waals surface area (Å²) in [5, 5.41) is 8.98. The Labute approximate surface area is 160 Å². The van der Waals surface area contributed by atoms with E-state index in [1.54, 1.807) is 6.07 Å². The summed E-state index contributed by atoms with van der Waals surface area (Å²) in [5.41, 5.74) is 0.664. The number of thioether (sulfide) groups is 1. The second-order valence-corrected chi connectivity index (χ2v) is 7.62. The van der Waals surface area contributed by atoms with E-state index in [2.05, 4.69) is 36.5 Å². The number of benzene rings is 1. The van der Waals surface area contributed by atoms with E-state index in [1.165, 1.54) is 29.4 Å². The fraction of sp³-hybridized carbons (Fsp3) is 0.125. The van der Waals surface area contributed by atoms with Gasteiger partial charge in [-0.05, 0) is 39.5 Å². The predicted octanol–water partition coefficient (Wildman–Crippen LogP) is 3.30. The molecule has 0 fully saturated rings. The molecule has 0 atom stereocenters. The number of rotatable bonds is 6. The van der Waals surface area contributed by atoms with Crippen molar-refractivity contribution in [1.82, 2.24) is 15.3 Å². The summed E-state index contributed by atoms with van der Waals surface area (Å²) in [5.74, 6) is -0.327. The molecule has 9 heteroatoms. The number of fused-ring (bicyclic) bond motifs is 1. The molecule has 0 saturated heterocycles. The lowest BCUT2D eigenvalue weighted by Gasteiger charge is -2.08. The molecule has 0 aliphatic rings. The van der Waals surface area contributed by atoms with Crippen LogP contribution in [-0.4, -0.2) is 34.1 Å². The number of halogens is 1. The molecule has 0 bridgehead atoms. The summed E-state index contributed by atoms with van der Waals surface area (Å²) < 4.78 is 0.786. The van der Waals surface area contributed by atoms with Crippen molar-refractivity contribution in [2.24, 2.45) is 0 Å². The van der Waals surface area contributed by atoms with E-state index in [1.807, 2.05) is 29.6 Å². The number of aromatic nitrogens is 2. The zero-order chi connectivity index (χ0) is 17.6. The highest BCUT2D eigenvalue weighted by Gasteiger charge is 2.10. The first-order valence-electron chi connectivity index (χ1n) is 7.25. The smallest absolute Gasteiger partial charge is 0.243 e. The third kappa shape index (κ3) is 4.77. The number of para-hydroxylation sites is 1. The molecule has 0 radical (unpaired) electrons. The van der Waals surface area contributed by atoms with Crippen molar-refractivity contribution in [1.29, 1.82) is 0 Å². The minimum Gasteiger partial charge on any atom is -0.346 e. The Morgan fingerprint density at radius 3 is 2.84 bits per heavy atom. The van der Waals surface area contributed by atoms with Crippen LogP contribution in [0.4, 0.5) is 5.69 Å². The van der Waals surface area contributed by atoms with E-state index in [4.69, 9.17) is 0 Å². The molecule has 1 aromatic carbocycles. The molecular formula is C16H13BrN4O2S2. The molecule has 2 amide bonds. The van der Waals surface area contributed by atoms with Crippen molar-refractivity contribution in [3.63, 3.8) is 0 Å². The molecule has 2 aromatic heterocycles. The topological polar surface area (TPSA) is 84.0 Å². The normalized spacial score (nSPS) is 10.6. The maximum Gasteiger partial charge on any atom is 0.243 e. The standard InChI is InChI=1S/C16H13BrN4O2S2/c17-11-3-1-2-4-12(11)21-13(22)7-18-14(23)8-25-16-10-5-6-24-15(10)19-9-20-16/h1-6,9H,7-8H2,(H,18,23)(H,21,22). The van der Waals surface area contributed by atoms with Crippen LogP contribution in [-0.2, 0) is 9.59 Å². The minimum atomic E-state index is -0.285. The van der Waals surface area contributed by atoms with Crippen molar-refractivity contribution < 1.29 is 9.59 Å². The Bertz CT molecular complexity index is 916. The average molecular weight is 437 g/mol. The SMILES string of the molecule is O=C(CSc1ncnc2sccc12)NCC(=O)Nc1ccccc1Br. The number of nitrogens with zero attached hydrogens (tertiary/aromatic N) is 2. The van der Waals surface area contributed by atoms with Gasteiger partial charge in [-0.2, -0.15) is 0 Å². The highest BCUT2D eigenvalue weighted by atomic mass is 79.9. The van der Waals surface area contributed by atoms with E-state index in [-0.39, 0.29) is 24.1 Å². The molecule has 6 nitrogen and oxygen atoms in total. The Balaban J connectivity index is 1.47. The van der Waals surface area contributed by atoms with Crippen molar-refractivity contribution >= 4 is 66.7 Å². The molecule has 2 N–H and O–H groups in total. The van der Waals surface area contributed by atoms with Crippen LogP contribution in [0.15, 0.2) is 51.5 Å². The number of hydrogen-bond acceptors (Lipinski definition) is 6. The van der Waals surface area contributed by atoms with Crippen molar-refractivity contribution in [2.75, 3.05) is 17.6 Å². The van der Waals surface area contributed by atoms with Gasteiger partial charge in [0.05, 0.1) is 18.0 Å². The van der Waals surface area contributed by atoms with Crippen molar-refractivity contribution in [2.45, 2.75) is 5.03 Å². The number of hydrogen-bond donors (Lipinski definition) is 2. The average Bonchev–Trinajstić information content (AvgIpc) is 3.09. The summed E-state index contributed by atoms with van der Waals surface area (Å²) in [6, 6.07) is 9.23. The first-order chi connectivity index (χ1) is 12.1. The summed E-state index contributed by atoms with van der Waals surface area (Å²) in [7, 11) is 0. The zero-order valence-electron chi connectivity index (χ0n) is 12.9. The summed E-state index contributed by atoms with van der Waals surface area (Å²) in [6.07, 6.45) is 1.49. The Morgan fingerprint density at radius 2 is 2.00 bits per heavy atom. The lowest BCUT2D eigenvalue weighted by atomic mass is 10.3. The van der Waals surface area contributed by atoms with Crippen LogP contribution in [0.1, 0.15) is 0 Å². The van der Waals surface area contributed by atoms with E-state index < -0.39 is 0 Å². The summed E-state index contributed by atoms with van der Waals surface area (Å²) >= 11 is 6.21. The molecule has 0 unspecified atom stereocenters. The minimum absolute atomic E-state index is 0.0850. The van der Waals surface area contributed by atoms with Gasteiger partial charge in [0.1, 0.15) is 16.2 Å². The van der Waals surface area contributed by atoms with Crippen LogP contribution in [0.3, 0.4) is 0 Å². The lowest BCUT2D eigenvalue weighted by Crippen LogP contribution is -2.33. The van der Waals surface area contributed by atoms with E-state index >= 15 is 0 Å². The highest BCUT2D eigenvalue weighted by Crippen LogP contribution is 2.27. The van der Waals surface area contributed by atoms with Crippen molar-refractivity contribution in [3.05, 3.63) is 46.5 Å². The van der Waals surface area contributed by atoms with Gasteiger partial charge < -0.3 is 10.6 Å². The molecule has 2 heterocycles. The van der Waals surface area contributed by atoms with Crippen LogP contribution < -0.4 is 10.6 Å². The fourth-order valence-corrected chi connectivity index (χ4v) is 4.00. The molecule has 3 aromatic rings. The first-order valence-corrected chi connectivity index (χ1v) is 9.91. The molecule has 0 saturated carbocycles. The predicted molar refractivity (Wildman–Crippen MR) is 104 cm³/mol. The van der Waals surface area contributed by atoms with E-state index in [0.717, 1.165) is 19.7 Å². The molecule has 0 aliphatic heterocycles. The second kappa shape index (κ2) is 8.41. The summed E-state index contributed by atoms with van der Waals surface area (Å²) in [6.45, 7) is -0.0850. The lowest BCUT2D eigenvalue weighted by molar-refractivity contribution is -0.122. The third-order valence-corrected chi connectivity index (χ3v) is 5.68. The van der Waals surface area contributed by atoms with Gasteiger partial charge in [0.25, 0.3) is 0 Å². The van der Waals surface area contributed by atoms with Gasteiger partial charge in [0, 0.05) is 9.86 Å². The monoisotopic (exact) mass is 436 g/mol. The van der Waals surface area contributed by atoms with E-state index in [9.17, 15) is 9.59 Å². The molecule has 25 heavy (non-hydrogen) atoms. The van der Waals surface area contributed by atoms with Crippen LogP contribution in [0.2, 0.25) is 0 Å². The quantitative estimate of drug-likeness (QED) is 0.457. The number of carbonyl (C=O) groups excluding carboxylic acids is 2. The first kappa shape index (κ1) is 17.8. The highest BCUT2D eigenvalue weighted by molar-refractivity contribution is 9.10. The van der Waals surface area contributed by atoms with Crippen LogP contribution in [0.25, 0.3) is 10.2 Å².